The molecule has 1 N–H and O–H groups in total. The second kappa shape index (κ2) is 8.74. The molecule has 1 unspecified atom stereocenters. The van der Waals surface area contributed by atoms with Crippen LogP contribution >= 0.6 is 11.6 Å². The van der Waals surface area contributed by atoms with Crippen LogP contribution in [-0.4, -0.2) is 20.1 Å². The van der Waals surface area contributed by atoms with E-state index in [1.54, 1.807) is 4.80 Å². The Balaban J connectivity index is 1.66. The standard InChI is InChI=1S/C29H34ClN3O/c1-18-14-23(27(34)24(15-18)29(6,7)17-28(3,4)5)19(2)20-8-11-22(12-9-20)33-31-25-13-10-21(30)16-26(25)32-33/h8-16,19,34H,17H2,1-7H3. The second-order valence-electron chi connectivity index (χ2n) is 11.3. The molecule has 0 spiro atoms. The van der Waals surface area contributed by atoms with E-state index in [9.17, 15) is 5.11 Å². The molecule has 4 aromatic rings. The fourth-order valence-corrected chi connectivity index (χ4v) is 5.32. The van der Waals surface area contributed by atoms with Crippen LogP contribution in [0.15, 0.2) is 54.6 Å². The van der Waals surface area contributed by atoms with Crippen molar-refractivity contribution in [2.75, 3.05) is 0 Å². The van der Waals surface area contributed by atoms with Crippen molar-refractivity contribution in [2.24, 2.45) is 5.41 Å². The second-order valence-corrected chi connectivity index (χ2v) is 11.7. The van der Waals surface area contributed by atoms with E-state index in [0.29, 0.717) is 10.8 Å². The highest BCUT2D eigenvalue weighted by molar-refractivity contribution is 6.31. The number of aryl methyl sites for hydroxylation is 1. The molecule has 0 aliphatic rings. The van der Waals surface area contributed by atoms with Gasteiger partial charge in [-0.25, -0.2) is 0 Å². The first-order valence-corrected chi connectivity index (χ1v) is 12.2. The average Bonchev–Trinajstić information content (AvgIpc) is 3.16. The van der Waals surface area contributed by atoms with E-state index in [0.717, 1.165) is 39.8 Å². The van der Waals surface area contributed by atoms with E-state index in [-0.39, 0.29) is 16.7 Å². The lowest BCUT2D eigenvalue weighted by Crippen LogP contribution is -2.25. The van der Waals surface area contributed by atoms with Crippen molar-refractivity contribution in [3.05, 3.63) is 81.9 Å². The molecule has 0 amide bonds. The Morgan fingerprint density at radius 1 is 0.912 bits per heavy atom. The fraction of sp³-hybridized carbons (Fsp3) is 0.379. The molecule has 178 valence electrons. The Morgan fingerprint density at radius 3 is 2.21 bits per heavy atom. The van der Waals surface area contributed by atoms with Crippen LogP contribution in [0, 0.1) is 12.3 Å². The number of phenolic OH excluding ortho intramolecular Hbond substituents is 1. The third-order valence-corrected chi connectivity index (χ3v) is 6.65. The quantitative estimate of drug-likeness (QED) is 0.318. The highest BCUT2D eigenvalue weighted by Gasteiger charge is 2.31. The summed E-state index contributed by atoms with van der Waals surface area (Å²) in [6, 6.07) is 18.0. The minimum Gasteiger partial charge on any atom is -0.507 e. The summed E-state index contributed by atoms with van der Waals surface area (Å²) >= 11 is 6.08. The summed E-state index contributed by atoms with van der Waals surface area (Å²) in [5, 5.41) is 21.1. The summed E-state index contributed by atoms with van der Waals surface area (Å²) in [6.45, 7) is 15.5. The molecule has 0 radical (unpaired) electrons. The van der Waals surface area contributed by atoms with Crippen molar-refractivity contribution in [3.63, 3.8) is 0 Å². The van der Waals surface area contributed by atoms with E-state index in [1.165, 1.54) is 5.56 Å². The van der Waals surface area contributed by atoms with Gasteiger partial charge in [0.2, 0.25) is 0 Å². The molecule has 0 fully saturated rings. The van der Waals surface area contributed by atoms with Crippen LogP contribution in [0.1, 0.15) is 76.1 Å². The van der Waals surface area contributed by atoms with Crippen LogP contribution in [0.5, 0.6) is 5.75 Å². The number of rotatable bonds is 5. The highest BCUT2D eigenvalue weighted by Crippen LogP contribution is 2.44. The van der Waals surface area contributed by atoms with Gasteiger partial charge < -0.3 is 5.11 Å². The first-order chi connectivity index (χ1) is 15.8. The number of phenols is 1. The number of aromatic nitrogens is 3. The molecule has 1 atom stereocenters. The van der Waals surface area contributed by atoms with Gasteiger partial charge in [0.15, 0.2) is 0 Å². The third kappa shape index (κ3) is 4.97. The third-order valence-electron chi connectivity index (χ3n) is 6.42. The fourth-order valence-electron chi connectivity index (χ4n) is 5.15. The Kier molecular flexibility index (Phi) is 6.24. The van der Waals surface area contributed by atoms with E-state index in [2.05, 4.69) is 82.9 Å². The number of hydrogen-bond donors (Lipinski definition) is 1. The lowest BCUT2D eigenvalue weighted by atomic mass is 9.71. The zero-order valence-corrected chi connectivity index (χ0v) is 21.9. The molecular formula is C29H34ClN3O. The molecule has 5 heteroatoms. The van der Waals surface area contributed by atoms with Gasteiger partial charge in [-0.15, -0.1) is 10.2 Å². The van der Waals surface area contributed by atoms with Gasteiger partial charge >= 0.3 is 0 Å². The lowest BCUT2D eigenvalue weighted by molar-refractivity contribution is 0.278. The summed E-state index contributed by atoms with van der Waals surface area (Å²) in [7, 11) is 0. The topological polar surface area (TPSA) is 50.9 Å². The maximum Gasteiger partial charge on any atom is 0.123 e. The van der Waals surface area contributed by atoms with Gasteiger partial charge in [0.25, 0.3) is 0 Å². The Morgan fingerprint density at radius 2 is 1.56 bits per heavy atom. The van der Waals surface area contributed by atoms with Gasteiger partial charge in [-0.1, -0.05) is 83.0 Å². The average molecular weight is 476 g/mol. The highest BCUT2D eigenvalue weighted by atomic mass is 35.5. The Bertz CT molecular complexity index is 1330. The predicted molar refractivity (Wildman–Crippen MR) is 141 cm³/mol. The van der Waals surface area contributed by atoms with Gasteiger partial charge in [0, 0.05) is 22.1 Å². The van der Waals surface area contributed by atoms with Crippen LogP contribution in [0.4, 0.5) is 0 Å². The maximum absolute atomic E-state index is 11.4. The monoisotopic (exact) mass is 475 g/mol. The summed E-state index contributed by atoms with van der Waals surface area (Å²) in [5.41, 5.74) is 6.75. The summed E-state index contributed by atoms with van der Waals surface area (Å²) in [4.78, 5) is 1.63. The Labute approximate surface area is 207 Å². The summed E-state index contributed by atoms with van der Waals surface area (Å²) in [6.07, 6.45) is 0.982. The van der Waals surface area contributed by atoms with Crippen molar-refractivity contribution in [1.29, 1.82) is 0 Å². The zero-order valence-electron chi connectivity index (χ0n) is 21.1. The van der Waals surface area contributed by atoms with Crippen LogP contribution in [0.2, 0.25) is 5.02 Å². The van der Waals surface area contributed by atoms with Crippen molar-refractivity contribution in [1.82, 2.24) is 15.0 Å². The molecule has 0 aliphatic carbocycles. The van der Waals surface area contributed by atoms with Crippen molar-refractivity contribution >= 4 is 22.6 Å². The number of aromatic hydroxyl groups is 1. The molecule has 0 saturated heterocycles. The van der Waals surface area contributed by atoms with Crippen LogP contribution in [-0.2, 0) is 5.41 Å². The lowest BCUT2D eigenvalue weighted by Gasteiger charge is -2.34. The predicted octanol–water partition coefficient (Wildman–Crippen LogP) is 7.95. The van der Waals surface area contributed by atoms with Crippen LogP contribution in [0.25, 0.3) is 16.7 Å². The number of benzene rings is 3. The SMILES string of the molecule is Cc1cc(C(C)c2ccc(-n3nc4ccc(Cl)cc4n3)cc2)c(O)c(C(C)(C)CC(C)(C)C)c1. The summed E-state index contributed by atoms with van der Waals surface area (Å²) < 4.78 is 0. The molecular weight excluding hydrogens is 442 g/mol. The number of fused-ring (bicyclic) bond motifs is 1. The van der Waals surface area contributed by atoms with Crippen molar-refractivity contribution in [3.8, 4) is 11.4 Å². The smallest absolute Gasteiger partial charge is 0.123 e. The first-order valence-electron chi connectivity index (χ1n) is 11.8. The van der Waals surface area contributed by atoms with E-state index < -0.39 is 0 Å². The van der Waals surface area contributed by atoms with Gasteiger partial charge in [-0.2, -0.15) is 4.80 Å². The van der Waals surface area contributed by atoms with E-state index in [1.807, 2.05) is 30.3 Å². The van der Waals surface area contributed by atoms with Crippen molar-refractivity contribution < 1.29 is 5.11 Å². The molecule has 34 heavy (non-hydrogen) atoms. The van der Waals surface area contributed by atoms with Gasteiger partial charge in [0.05, 0.1) is 5.69 Å². The van der Waals surface area contributed by atoms with E-state index in [4.69, 9.17) is 11.6 Å². The molecule has 4 rings (SSSR count). The molecule has 4 nitrogen and oxygen atoms in total. The maximum atomic E-state index is 11.4. The molecule has 1 heterocycles. The first kappa shape index (κ1) is 24.3. The summed E-state index contributed by atoms with van der Waals surface area (Å²) in [5.74, 6) is 0.454. The number of nitrogens with zero attached hydrogens (tertiary/aromatic N) is 3. The van der Waals surface area contributed by atoms with Gasteiger partial charge in [-0.3, -0.25) is 0 Å². The largest absolute Gasteiger partial charge is 0.507 e. The Hall–Kier alpha value is -2.85. The zero-order chi connectivity index (χ0) is 24.8. The molecule has 0 saturated carbocycles. The van der Waals surface area contributed by atoms with Gasteiger partial charge in [0.1, 0.15) is 16.8 Å². The molecule has 1 aromatic heterocycles. The van der Waals surface area contributed by atoms with E-state index >= 15 is 0 Å². The number of halogens is 1. The number of hydrogen-bond acceptors (Lipinski definition) is 3. The van der Waals surface area contributed by atoms with Crippen LogP contribution in [0.3, 0.4) is 0 Å². The minimum absolute atomic E-state index is 0.0431. The molecule has 0 aliphatic heterocycles. The van der Waals surface area contributed by atoms with Crippen molar-refractivity contribution in [2.45, 2.75) is 66.2 Å². The van der Waals surface area contributed by atoms with Gasteiger partial charge in [-0.05, 0) is 60.1 Å². The molecule has 3 aromatic carbocycles. The normalized spacial score (nSPS) is 13.4. The van der Waals surface area contributed by atoms with Crippen LogP contribution < -0.4 is 0 Å². The molecule has 0 bridgehead atoms. The minimum atomic E-state index is -0.136.